The molecule has 4 aromatic rings. The number of rotatable bonds is 2. The Hall–Kier alpha value is -2.09. The minimum absolute atomic E-state index is 0.160. The molecule has 3 heterocycles. The van der Waals surface area contributed by atoms with Crippen molar-refractivity contribution in [3.05, 3.63) is 52.6 Å². The molecule has 0 fully saturated rings. The summed E-state index contributed by atoms with van der Waals surface area (Å²) in [4.78, 5) is 12.3. The normalized spacial score (nSPS) is 12.8. The first-order valence-electron chi connectivity index (χ1n) is 7.16. The Kier molecular flexibility index (Phi) is 3.71. The minimum atomic E-state index is -2.39. The molecule has 5 nitrogen and oxygen atoms in total. The maximum Gasteiger partial charge on any atom is 0.102 e. The van der Waals surface area contributed by atoms with Crippen molar-refractivity contribution >= 4 is 48.9 Å². The van der Waals surface area contributed by atoms with Gasteiger partial charge in [-0.25, -0.2) is 4.98 Å². The molecule has 1 atom stereocenters. The van der Waals surface area contributed by atoms with E-state index in [1.807, 2.05) is 37.3 Å². The van der Waals surface area contributed by atoms with E-state index in [1.54, 1.807) is 12.3 Å². The van der Waals surface area contributed by atoms with E-state index >= 15 is 0 Å². The van der Waals surface area contributed by atoms with Gasteiger partial charge in [-0.05, 0) is 53.9 Å². The van der Waals surface area contributed by atoms with Gasteiger partial charge in [0.05, 0.1) is 27.1 Å². The number of H-pyrrole nitrogens is 1. The zero-order valence-corrected chi connectivity index (χ0v) is 14.9. The van der Waals surface area contributed by atoms with Gasteiger partial charge in [-0.3, -0.25) is 9.19 Å². The Morgan fingerprint density at radius 2 is 2.00 bits per heavy atom. The van der Waals surface area contributed by atoms with E-state index in [2.05, 4.69) is 30.9 Å². The average Bonchev–Trinajstić information content (AvgIpc) is 2.96. The molecule has 0 radical (unpaired) electrons. The monoisotopic (exact) mass is 400 g/mol. The summed E-state index contributed by atoms with van der Waals surface area (Å²) in [6.07, 6.45) is 1.78. The van der Waals surface area contributed by atoms with Crippen LogP contribution in [0.4, 0.5) is 0 Å². The van der Waals surface area contributed by atoms with Gasteiger partial charge >= 0.3 is 0 Å². The van der Waals surface area contributed by atoms with E-state index in [0.717, 1.165) is 32.0 Å². The standard InChI is InChI=1S/C17H12BrN3O2S/c1-9-4-14-13(19-8-9)7-15(20-14)17-16(24(22)23)5-10-2-3-11(18)6-12(10)21-17/h2-8,20H,1H3,(H,22,23)/p-1. The number of aromatic amines is 1. The van der Waals surface area contributed by atoms with Crippen molar-refractivity contribution in [2.75, 3.05) is 0 Å². The van der Waals surface area contributed by atoms with Crippen LogP contribution in [-0.4, -0.2) is 23.7 Å². The van der Waals surface area contributed by atoms with Gasteiger partial charge in [0.1, 0.15) is 5.69 Å². The van der Waals surface area contributed by atoms with Crippen LogP contribution in [0.25, 0.3) is 33.3 Å². The van der Waals surface area contributed by atoms with Crippen LogP contribution in [0.2, 0.25) is 0 Å². The van der Waals surface area contributed by atoms with Crippen molar-refractivity contribution < 1.29 is 8.76 Å². The van der Waals surface area contributed by atoms with Crippen LogP contribution < -0.4 is 0 Å². The fraction of sp³-hybridized carbons (Fsp3) is 0.0588. The lowest BCUT2D eigenvalue weighted by atomic mass is 10.2. The lowest BCUT2D eigenvalue weighted by Gasteiger charge is -2.12. The maximum absolute atomic E-state index is 11.7. The molecular formula is C17H11BrN3O2S-. The molecule has 1 unspecified atom stereocenters. The van der Waals surface area contributed by atoms with Gasteiger partial charge in [-0.15, -0.1) is 0 Å². The molecule has 0 aliphatic rings. The number of nitrogens with one attached hydrogen (secondary N) is 1. The number of fused-ring (bicyclic) bond motifs is 2. The summed E-state index contributed by atoms with van der Waals surface area (Å²) in [5, 5.41) is 0.770. The summed E-state index contributed by atoms with van der Waals surface area (Å²) in [5.74, 6) is 0. The number of halogens is 1. The third kappa shape index (κ3) is 2.64. The van der Waals surface area contributed by atoms with Crippen LogP contribution in [0.15, 0.2) is 52.0 Å². The molecule has 1 N–H and O–H groups in total. The van der Waals surface area contributed by atoms with E-state index < -0.39 is 11.1 Å². The van der Waals surface area contributed by atoms with Crippen molar-refractivity contribution in [2.24, 2.45) is 0 Å². The Morgan fingerprint density at radius 1 is 1.17 bits per heavy atom. The van der Waals surface area contributed by atoms with Gasteiger partial charge in [0.25, 0.3) is 0 Å². The van der Waals surface area contributed by atoms with Gasteiger partial charge in [0.15, 0.2) is 0 Å². The molecule has 0 amide bonds. The van der Waals surface area contributed by atoms with E-state index in [4.69, 9.17) is 0 Å². The highest BCUT2D eigenvalue weighted by Gasteiger charge is 2.13. The number of benzene rings is 1. The predicted molar refractivity (Wildman–Crippen MR) is 96.5 cm³/mol. The van der Waals surface area contributed by atoms with E-state index in [-0.39, 0.29) is 4.90 Å². The molecular weight excluding hydrogens is 390 g/mol. The van der Waals surface area contributed by atoms with Crippen LogP contribution in [-0.2, 0) is 11.1 Å². The lowest BCUT2D eigenvalue weighted by molar-refractivity contribution is 0.537. The summed E-state index contributed by atoms with van der Waals surface area (Å²) < 4.78 is 24.3. The van der Waals surface area contributed by atoms with E-state index in [1.165, 1.54) is 0 Å². The Morgan fingerprint density at radius 3 is 2.79 bits per heavy atom. The van der Waals surface area contributed by atoms with E-state index in [9.17, 15) is 8.76 Å². The van der Waals surface area contributed by atoms with Gasteiger partial charge < -0.3 is 9.54 Å². The number of hydrogen-bond acceptors (Lipinski definition) is 4. The molecule has 4 rings (SSSR count). The summed E-state index contributed by atoms with van der Waals surface area (Å²) in [7, 11) is 0. The molecule has 120 valence electrons. The number of aryl methyl sites for hydroxylation is 1. The number of pyridine rings is 2. The summed E-state index contributed by atoms with van der Waals surface area (Å²) >= 11 is 1.02. The zero-order chi connectivity index (χ0) is 16.8. The van der Waals surface area contributed by atoms with Gasteiger partial charge in [0, 0.05) is 16.1 Å². The number of hydrogen-bond donors (Lipinski definition) is 1. The molecule has 0 bridgehead atoms. The van der Waals surface area contributed by atoms with Gasteiger partial charge in [0.2, 0.25) is 0 Å². The van der Waals surface area contributed by atoms with Crippen LogP contribution in [0.5, 0.6) is 0 Å². The topological polar surface area (TPSA) is 81.7 Å². The third-order valence-corrected chi connectivity index (χ3v) is 4.95. The van der Waals surface area contributed by atoms with Crippen molar-refractivity contribution in [2.45, 2.75) is 11.8 Å². The quantitative estimate of drug-likeness (QED) is 0.513. The largest absolute Gasteiger partial charge is 0.768 e. The smallest absolute Gasteiger partial charge is 0.102 e. The molecule has 0 saturated carbocycles. The minimum Gasteiger partial charge on any atom is -0.768 e. The number of nitrogens with zero attached hydrogens (tertiary/aromatic N) is 2. The van der Waals surface area contributed by atoms with Crippen LogP contribution in [0, 0.1) is 6.92 Å². The molecule has 0 saturated heterocycles. The van der Waals surface area contributed by atoms with Crippen molar-refractivity contribution in [1.82, 2.24) is 15.0 Å². The van der Waals surface area contributed by atoms with Crippen LogP contribution in [0.1, 0.15) is 5.56 Å². The molecule has 24 heavy (non-hydrogen) atoms. The summed E-state index contributed by atoms with van der Waals surface area (Å²) in [6, 6.07) is 11.0. The summed E-state index contributed by atoms with van der Waals surface area (Å²) in [6.45, 7) is 1.96. The molecule has 3 aromatic heterocycles. The van der Waals surface area contributed by atoms with Crippen molar-refractivity contribution in [3.8, 4) is 11.4 Å². The lowest BCUT2D eigenvalue weighted by Crippen LogP contribution is -1.97. The van der Waals surface area contributed by atoms with Gasteiger partial charge in [-0.2, -0.15) is 0 Å². The molecule has 0 aliphatic carbocycles. The van der Waals surface area contributed by atoms with Crippen LogP contribution >= 0.6 is 15.9 Å². The Balaban J connectivity index is 2.01. The van der Waals surface area contributed by atoms with E-state index in [0.29, 0.717) is 11.4 Å². The summed E-state index contributed by atoms with van der Waals surface area (Å²) in [5.41, 5.74) is 4.39. The first-order valence-corrected chi connectivity index (χ1v) is 9.03. The second kappa shape index (κ2) is 5.77. The first kappa shape index (κ1) is 15.4. The van der Waals surface area contributed by atoms with Crippen molar-refractivity contribution in [3.63, 3.8) is 0 Å². The SMILES string of the molecule is Cc1cnc2cc(-c3nc4cc(Br)ccc4cc3S(=O)[O-])[nH]c2c1. The zero-order valence-electron chi connectivity index (χ0n) is 12.5. The average molecular weight is 401 g/mol. The molecule has 1 aromatic carbocycles. The fourth-order valence-corrected chi connectivity index (χ4v) is 3.57. The van der Waals surface area contributed by atoms with Gasteiger partial charge in [-0.1, -0.05) is 22.0 Å². The first-order chi connectivity index (χ1) is 11.5. The van der Waals surface area contributed by atoms with Crippen LogP contribution in [0.3, 0.4) is 0 Å². The highest BCUT2D eigenvalue weighted by molar-refractivity contribution is 9.10. The maximum atomic E-state index is 11.7. The van der Waals surface area contributed by atoms with Crippen molar-refractivity contribution in [1.29, 1.82) is 0 Å². The predicted octanol–water partition coefficient (Wildman–Crippen LogP) is 4.09. The highest BCUT2D eigenvalue weighted by atomic mass is 79.9. The second-order valence-electron chi connectivity index (χ2n) is 5.54. The highest BCUT2D eigenvalue weighted by Crippen LogP contribution is 2.30. The fourth-order valence-electron chi connectivity index (χ4n) is 2.68. The second-order valence-corrected chi connectivity index (χ2v) is 7.36. The molecule has 0 spiro atoms. The molecule has 7 heteroatoms. The number of aromatic nitrogens is 3. The Labute approximate surface area is 148 Å². The molecule has 0 aliphatic heterocycles. The third-order valence-electron chi connectivity index (χ3n) is 3.79. The Bertz CT molecular complexity index is 1120.